The van der Waals surface area contributed by atoms with Crippen molar-refractivity contribution in [1.82, 2.24) is 9.55 Å². The fraction of sp³-hybridized carbons (Fsp3) is 0.289. The van der Waals surface area contributed by atoms with Gasteiger partial charge in [0.05, 0.1) is 22.2 Å². The van der Waals surface area contributed by atoms with Crippen LogP contribution in [0.25, 0.3) is 33.5 Å². The molecule has 7 nitrogen and oxygen atoms in total. The first kappa shape index (κ1) is 34.9. The van der Waals surface area contributed by atoms with Crippen molar-refractivity contribution in [2.45, 2.75) is 65.0 Å². The first-order chi connectivity index (χ1) is 22.8. The van der Waals surface area contributed by atoms with E-state index in [0.717, 1.165) is 60.0 Å². The number of amides is 1. The Balaban J connectivity index is 0.00000451. The summed E-state index contributed by atoms with van der Waals surface area (Å²) in [5, 5.41) is 10.2. The Morgan fingerprint density at radius 3 is 2.35 bits per heavy atom. The first-order valence-corrected chi connectivity index (χ1v) is 16.5. The van der Waals surface area contributed by atoms with Crippen molar-refractivity contribution in [3.63, 3.8) is 0 Å². The largest absolute Gasteiger partial charge is 0.489 e. The van der Waals surface area contributed by atoms with Gasteiger partial charge in [0.2, 0.25) is 5.91 Å². The van der Waals surface area contributed by atoms with E-state index in [9.17, 15) is 14.7 Å². The maximum atomic E-state index is 16.0. The number of benzene rings is 4. The number of nitrogens with zero attached hydrogens (tertiary/aromatic N) is 3. The maximum absolute atomic E-state index is 16.0. The Morgan fingerprint density at radius 1 is 0.958 bits per heavy atom. The van der Waals surface area contributed by atoms with Crippen molar-refractivity contribution < 1.29 is 23.8 Å². The molecule has 0 unspecified atom stereocenters. The molecule has 1 aromatic heterocycles. The Morgan fingerprint density at radius 2 is 1.69 bits per heavy atom. The number of rotatable bonds is 10. The van der Waals surface area contributed by atoms with E-state index in [0.29, 0.717) is 40.6 Å². The molecule has 0 bridgehead atoms. The van der Waals surface area contributed by atoms with Crippen molar-refractivity contribution >= 4 is 52.6 Å². The molecule has 0 saturated heterocycles. The molecule has 1 aliphatic rings. The van der Waals surface area contributed by atoms with Gasteiger partial charge < -0.3 is 19.3 Å². The number of ether oxygens (including phenoxy) is 1. The minimum atomic E-state index is -1.03. The quantitative estimate of drug-likeness (QED) is 0.158. The summed E-state index contributed by atoms with van der Waals surface area (Å²) in [6, 6.07) is 23.2. The summed E-state index contributed by atoms with van der Waals surface area (Å²) in [5.41, 5.74) is 5.27. The summed E-state index contributed by atoms with van der Waals surface area (Å²) in [6.45, 7) is 4.45. The number of carboxylic acids is 1. The van der Waals surface area contributed by atoms with Crippen LogP contribution in [0.3, 0.4) is 0 Å². The lowest BCUT2D eigenvalue weighted by Crippen LogP contribution is -2.29. The highest BCUT2D eigenvalue weighted by atomic mass is 35.5. The second-order valence-electron chi connectivity index (χ2n) is 11.9. The van der Waals surface area contributed by atoms with Crippen LogP contribution < -0.4 is 9.64 Å². The van der Waals surface area contributed by atoms with Gasteiger partial charge in [0, 0.05) is 35.8 Å². The van der Waals surface area contributed by atoms with Gasteiger partial charge in [-0.25, -0.2) is 14.2 Å². The molecular formula is C38H38Cl2FN3O4. The molecule has 5 aromatic rings. The average Bonchev–Trinajstić information content (AvgIpc) is 3.47. The van der Waals surface area contributed by atoms with Gasteiger partial charge in [-0.3, -0.25) is 4.79 Å². The zero-order valence-electron chi connectivity index (χ0n) is 26.9. The van der Waals surface area contributed by atoms with Crippen LogP contribution in [-0.4, -0.2) is 33.1 Å². The topological polar surface area (TPSA) is 84.7 Å². The summed E-state index contributed by atoms with van der Waals surface area (Å²) in [4.78, 5) is 30.8. The van der Waals surface area contributed by atoms with Crippen molar-refractivity contribution in [2.24, 2.45) is 0 Å². The molecule has 0 atom stereocenters. The van der Waals surface area contributed by atoms with E-state index in [1.54, 1.807) is 35.2 Å². The molecule has 1 saturated carbocycles. The van der Waals surface area contributed by atoms with Gasteiger partial charge in [0.1, 0.15) is 24.0 Å². The van der Waals surface area contributed by atoms with Crippen molar-refractivity contribution in [3.05, 3.63) is 101 Å². The van der Waals surface area contributed by atoms with Crippen molar-refractivity contribution in [2.75, 3.05) is 11.4 Å². The van der Waals surface area contributed by atoms with Gasteiger partial charge in [-0.2, -0.15) is 0 Å². The minimum Gasteiger partial charge on any atom is -0.489 e. The third-order valence-electron chi connectivity index (χ3n) is 8.93. The molecule has 48 heavy (non-hydrogen) atoms. The number of anilines is 1. The van der Waals surface area contributed by atoms with Crippen LogP contribution in [0.5, 0.6) is 5.75 Å². The van der Waals surface area contributed by atoms with Crippen LogP contribution in [0.2, 0.25) is 5.02 Å². The number of imidazole rings is 1. The number of hydrogen-bond acceptors (Lipinski definition) is 4. The molecule has 250 valence electrons. The number of carboxylic acid groups (broad SMARTS) is 1. The van der Waals surface area contributed by atoms with Gasteiger partial charge in [-0.15, -0.1) is 12.4 Å². The fourth-order valence-electron chi connectivity index (χ4n) is 6.53. The van der Waals surface area contributed by atoms with Crippen molar-refractivity contribution in [3.8, 4) is 28.3 Å². The maximum Gasteiger partial charge on any atom is 0.335 e. The standard InChI is InChI=1S/C38H37ClFN3O4.ClH/c1-3-36(44)42(4-2)29-15-17-31(24-10-13-27(39)14-11-24)26(20-29)23-47-30-16-18-32(33(40)22-30)37-41-34-21-25(38(45)46)12-19-35(34)43(37)28-8-6-5-7-9-28;/h10-22,28H,3-9,23H2,1-2H3,(H,45,46);1H. The van der Waals surface area contributed by atoms with Gasteiger partial charge in [0.15, 0.2) is 0 Å². The monoisotopic (exact) mass is 689 g/mol. The SMILES string of the molecule is CCC(=O)N(CC)c1ccc(-c2ccc(Cl)cc2)c(COc2ccc(-c3nc4cc(C(=O)O)ccc4n3C3CCCCC3)c(F)c2)c1.Cl. The van der Waals surface area contributed by atoms with Crippen LogP contribution in [-0.2, 0) is 11.4 Å². The first-order valence-electron chi connectivity index (χ1n) is 16.1. The normalized spacial score (nSPS) is 13.2. The number of carbonyl (C=O) groups excluding carboxylic acids is 1. The Kier molecular flexibility index (Phi) is 11.1. The minimum absolute atomic E-state index is 0. The van der Waals surface area contributed by atoms with E-state index < -0.39 is 11.8 Å². The molecule has 0 spiro atoms. The molecule has 1 amide bonds. The molecular weight excluding hydrogens is 652 g/mol. The molecule has 1 fully saturated rings. The lowest BCUT2D eigenvalue weighted by molar-refractivity contribution is -0.118. The third-order valence-corrected chi connectivity index (χ3v) is 9.18. The number of carbonyl (C=O) groups is 2. The summed E-state index contributed by atoms with van der Waals surface area (Å²) in [6.07, 6.45) is 5.62. The Labute approximate surface area is 290 Å². The van der Waals surface area contributed by atoms with E-state index in [4.69, 9.17) is 21.3 Å². The van der Waals surface area contributed by atoms with Crippen LogP contribution in [0.15, 0.2) is 78.9 Å². The molecule has 1 aliphatic carbocycles. The number of aromatic carboxylic acids is 1. The zero-order valence-corrected chi connectivity index (χ0v) is 28.5. The molecule has 10 heteroatoms. The summed E-state index contributed by atoms with van der Waals surface area (Å²) < 4.78 is 24.3. The van der Waals surface area contributed by atoms with E-state index in [1.807, 2.05) is 56.3 Å². The second kappa shape index (κ2) is 15.2. The van der Waals surface area contributed by atoms with Crippen LogP contribution in [0.4, 0.5) is 10.1 Å². The number of fused-ring (bicyclic) bond motifs is 1. The van der Waals surface area contributed by atoms with E-state index in [2.05, 4.69) is 4.57 Å². The van der Waals surface area contributed by atoms with Gasteiger partial charge in [-0.1, -0.05) is 56.0 Å². The van der Waals surface area contributed by atoms with Crippen molar-refractivity contribution in [1.29, 1.82) is 0 Å². The molecule has 4 aromatic carbocycles. The summed E-state index contributed by atoms with van der Waals surface area (Å²) >= 11 is 6.15. The second-order valence-corrected chi connectivity index (χ2v) is 12.3. The predicted octanol–water partition coefficient (Wildman–Crippen LogP) is 10.1. The lowest BCUT2D eigenvalue weighted by Gasteiger charge is -2.26. The predicted molar refractivity (Wildman–Crippen MR) is 191 cm³/mol. The highest BCUT2D eigenvalue weighted by Gasteiger charge is 2.25. The van der Waals surface area contributed by atoms with E-state index in [1.165, 1.54) is 6.07 Å². The van der Waals surface area contributed by atoms with Crippen LogP contribution >= 0.6 is 24.0 Å². The molecule has 0 aliphatic heterocycles. The van der Waals surface area contributed by atoms with E-state index in [-0.39, 0.29) is 36.5 Å². The van der Waals surface area contributed by atoms with Gasteiger partial charge in [-0.05, 0) is 91.1 Å². The van der Waals surface area contributed by atoms with Crippen LogP contribution in [0, 0.1) is 5.82 Å². The highest BCUT2D eigenvalue weighted by molar-refractivity contribution is 6.30. The van der Waals surface area contributed by atoms with E-state index >= 15 is 4.39 Å². The third kappa shape index (κ3) is 7.20. The smallest absolute Gasteiger partial charge is 0.335 e. The number of hydrogen-bond donors (Lipinski definition) is 1. The highest BCUT2D eigenvalue weighted by Crippen LogP contribution is 2.38. The Hall–Kier alpha value is -4.40. The lowest BCUT2D eigenvalue weighted by atomic mass is 9.94. The summed E-state index contributed by atoms with van der Waals surface area (Å²) in [5.74, 6) is -0.654. The Bertz CT molecular complexity index is 1940. The average molecular weight is 691 g/mol. The van der Waals surface area contributed by atoms with Gasteiger partial charge >= 0.3 is 5.97 Å². The van der Waals surface area contributed by atoms with Crippen LogP contribution in [0.1, 0.15) is 74.3 Å². The number of aromatic nitrogens is 2. The fourth-order valence-corrected chi connectivity index (χ4v) is 6.66. The zero-order chi connectivity index (χ0) is 33.1. The molecule has 1 N–H and O–H groups in total. The molecule has 0 radical (unpaired) electrons. The van der Waals surface area contributed by atoms with Gasteiger partial charge in [0.25, 0.3) is 0 Å². The molecule has 1 heterocycles. The molecule has 6 rings (SSSR count). The number of halogens is 3. The summed E-state index contributed by atoms with van der Waals surface area (Å²) in [7, 11) is 0.